The van der Waals surface area contributed by atoms with Gasteiger partial charge in [0.25, 0.3) is 0 Å². The van der Waals surface area contributed by atoms with Crippen molar-refractivity contribution in [3.63, 3.8) is 0 Å². The van der Waals surface area contributed by atoms with Crippen LogP contribution in [0.15, 0.2) is 146 Å². The van der Waals surface area contributed by atoms with Crippen molar-refractivity contribution >= 4 is 43.4 Å². The van der Waals surface area contributed by atoms with Crippen molar-refractivity contribution in [2.45, 2.75) is 6.92 Å². The van der Waals surface area contributed by atoms with Crippen molar-refractivity contribution in [3.05, 3.63) is 151 Å². The van der Waals surface area contributed by atoms with Crippen LogP contribution in [-0.2, 0) is 0 Å². The van der Waals surface area contributed by atoms with Crippen molar-refractivity contribution in [2.24, 2.45) is 0 Å². The van der Waals surface area contributed by atoms with E-state index in [2.05, 4.69) is 157 Å². The lowest BCUT2D eigenvalue weighted by Gasteiger charge is -2.10. The Morgan fingerprint density at radius 2 is 0.975 bits per heavy atom. The molecule has 0 saturated carbocycles. The predicted molar refractivity (Wildman–Crippen MR) is 171 cm³/mol. The highest BCUT2D eigenvalue weighted by molar-refractivity contribution is 6.22. The highest BCUT2D eigenvalue weighted by Gasteiger charge is 2.16. The maximum absolute atomic E-state index is 2.42. The van der Waals surface area contributed by atoms with Crippen LogP contribution in [-0.4, -0.2) is 4.57 Å². The number of nitrogens with zero attached hydrogens (tertiary/aromatic N) is 1. The zero-order valence-corrected chi connectivity index (χ0v) is 22.3. The number of fused-ring (bicyclic) bond motifs is 6. The Hall–Kier alpha value is -5.14. The van der Waals surface area contributed by atoms with Crippen LogP contribution in [0.4, 0.5) is 0 Å². The molecule has 1 nitrogen and oxygen atoms in total. The second-order valence-electron chi connectivity index (χ2n) is 10.7. The molecule has 0 atom stereocenters. The number of hydrogen-bond donors (Lipinski definition) is 0. The molecule has 1 aromatic heterocycles. The highest BCUT2D eigenvalue weighted by Crippen LogP contribution is 2.39. The molecule has 8 rings (SSSR count). The minimum Gasteiger partial charge on any atom is -0.309 e. The van der Waals surface area contributed by atoms with E-state index in [1.54, 1.807) is 0 Å². The first-order valence-electron chi connectivity index (χ1n) is 13.9. The zero-order valence-electron chi connectivity index (χ0n) is 22.3. The maximum Gasteiger partial charge on any atom is 0.0547 e. The van der Waals surface area contributed by atoms with Crippen LogP contribution >= 0.6 is 0 Å². The molecule has 0 bridgehead atoms. The van der Waals surface area contributed by atoms with E-state index in [9.17, 15) is 0 Å². The summed E-state index contributed by atoms with van der Waals surface area (Å²) in [5.41, 5.74) is 9.85. The van der Waals surface area contributed by atoms with Gasteiger partial charge < -0.3 is 4.57 Å². The molecule has 0 aliphatic carbocycles. The van der Waals surface area contributed by atoms with Gasteiger partial charge in [-0.15, -0.1) is 0 Å². The summed E-state index contributed by atoms with van der Waals surface area (Å²) < 4.78 is 2.42. The summed E-state index contributed by atoms with van der Waals surface area (Å²) in [4.78, 5) is 0. The van der Waals surface area contributed by atoms with Gasteiger partial charge in [0, 0.05) is 16.5 Å². The van der Waals surface area contributed by atoms with Gasteiger partial charge in [0.1, 0.15) is 0 Å². The van der Waals surface area contributed by atoms with E-state index in [-0.39, 0.29) is 0 Å². The molecule has 0 aliphatic rings. The summed E-state index contributed by atoms with van der Waals surface area (Å²) in [6.45, 7) is 2.13. The third-order valence-electron chi connectivity index (χ3n) is 8.25. The van der Waals surface area contributed by atoms with Gasteiger partial charge >= 0.3 is 0 Å². The average Bonchev–Trinajstić information content (AvgIpc) is 3.35. The van der Waals surface area contributed by atoms with Crippen LogP contribution in [0.1, 0.15) is 5.56 Å². The van der Waals surface area contributed by atoms with Crippen molar-refractivity contribution < 1.29 is 0 Å². The molecule has 0 spiro atoms. The molecule has 8 aromatic rings. The Bertz CT molecular complexity index is 2200. The first-order valence-corrected chi connectivity index (χ1v) is 13.9. The fourth-order valence-corrected chi connectivity index (χ4v) is 6.17. The van der Waals surface area contributed by atoms with Crippen LogP contribution in [0.3, 0.4) is 0 Å². The number of hydrogen-bond acceptors (Lipinski definition) is 0. The summed E-state index contributed by atoms with van der Waals surface area (Å²) in [5.74, 6) is 0. The lowest BCUT2D eigenvalue weighted by atomic mass is 9.98. The first-order chi connectivity index (χ1) is 19.7. The predicted octanol–water partition coefficient (Wildman–Crippen LogP) is 10.7. The molecule has 0 amide bonds. The van der Waals surface area contributed by atoms with Gasteiger partial charge in [0.2, 0.25) is 0 Å². The minimum atomic E-state index is 1.17. The molecule has 188 valence electrons. The van der Waals surface area contributed by atoms with E-state index in [0.29, 0.717) is 0 Å². The monoisotopic (exact) mass is 509 g/mol. The van der Waals surface area contributed by atoms with E-state index >= 15 is 0 Å². The number of aromatic nitrogens is 1. The van der Waals surface area contributed by atoms with E-state index in [4.69, 9.17) is 0 Å². The topological polar surface area (TPSA) is 4.93 Å². The van der Waals surface area contributed by atoms with Crippen molar-refractivity contribution in [1.29, 1.82) is 0 Å². The van der Waals surface area contributed by atoms with Crippen LogP contribution < -0.4 is 0 Å². The van der Waals surface area contributed by atoms with Gasteiger partial charge in [-0.05, 0) is 87.1 Å². The third-order valence-corrected chi connectivity index (χ3v) is 8.25. The molecule has 0 fully saturated rings. The molecule has 1 heteroatoms. The zero-order chi connectivity index (χ0) is 26.6. The van der Waals surface area contributed by atoms with Gasteiger partial charge in [-0.3, -0.25) is 0 Å². The molecule has 0 aliphatic heterocycles. The van der Waals surface area contributed by atoms with Crippen LogP contribution in [0.2, 0.25) is 0 Å². The Labute approximate surface area is 233 Å². The molecular weight excluding hydrogens is 482 g/mol. The minimum absolute atomic E-state index is 1.17. The van der Waals surface area contributed by atoms with Crippen molar-refractivity contribution in [3.8, 4) is 27.9 Å². The van der Waals surface area contributed by atoms with E-state index in [1.165, 1.54) is 76.9 Å². The summed E-state index contributed by atoms with van der Waals surface area (Å²) in [6.07, 6.45) is 0. The van der Waals surface area contributed by atoms with Gasteiger partial charge in [-0.2, -0.15) is 0 Å². The number of benzene rings is 7. The van der Waals surface area contributed by atoms with E-state index in [1.807, 2.05) is 0 Å². The second-order valence-corrected chi connectivity index (χ2v) is 10.7. The quantitative estimate of drug-likeness (QED) is 0.223. The first kappa shape index (κ1) is 22.8. The molecule has 0 unspecified atom stereocenters. The third kappa shape index (κ3) is 3.63. The van der Waals surface area contributed by atoms with Gasteiger partial charge in [-0.1, -0.05) is 115 Å². The second kappa shape index (κ2) is 8.97. The molecule has 0 N–H and O–H groups in total. The van der Waals surface area contributed by atoms with Crippen LogP contribution in [0.25, 0.3) is 71.3 Å². The standard InChI is InChI=1S/C39H27N/c1-26-10-12-28(13-11-26)29-16-20-34(21-17-29)40-37-22-19-33(32-15-14-27-6-2-3-8-31(27)24-32)25-36(37)39-35-9-5-4-7-30(35)18-23-38(39)40/h2-25H,1H3. The Morgan fingerprint density at radius 3 is 1.77 bits per heavy atom. The smallest absolute Gasteiger partial charge is 0.0547 e. The number of aryl methyl sites for hydroxylation is 1. The Kier molecular flexibility index (Phi) is 5.11. The van der Waals surface area contributed by atoms with Crippen molar-refractivity contribution in [2.75, 3.05) is 0 Å². The molecule has 7 aromatic carbocycles. The lowest BCUT2D eigenvalue weighted by molar-refractivity contribution is 1.18. The Balaban J connectivity index is 1.36. The molecule has 0 saturated heterocycles. The van der Waals surface area contributed by atoms with Gasteiger partial charge in [0.15, 0.2) is 0 Å². The summed E-state index contributed by atoms with van der Waals surface area (Å²) in [6, 6.07) is 53.3. The normalized spacial score (nSPS) is 11.6. The van der Waals surface area contributed by atoms with E-state index < -0.39 is 0 Å². The average molecular weight is 510 g/mol. The molecular formula is C39H27N. The molecule has 1 heterocycles. The lowest BCUT2D eigenvalue weighted by Crippen LogP contribution is -1.94. The van der Waals surface area contributed by atoms with Gasteiger partial charge in [-0.25, -0.2) is 0 Å². The number of rotatable bonds is 3. The van der Waals surface area contributed by atoms with Crippen molar-refractivity contribution in [1.82, 2.24) is 4.57 Å². The van der Waals surface area contributed by atoms with E-state index in [0.717, 1.165) is 0 Å². The largest absolute Gasteiger partial charge is 0.309 e. The summed E-state index contributed by atoms with van der Waals surface area (Å²) in [7, 11) is 0. The fourth-order valence-electron chi connectivity index (χ4n) is 6.17. The highest BCUT2D eigenvalue weighted by atomic mass is 15.0. The SMILES string of the molecule is Cc1ccc(-c2ccc(-n3c4ccc(-c5ccc6ccccc6c5)cc4c4c5ccccc5ccc43)cc2)cc1. The molecule has 0 radical (unpaired) electrons. The van der Waals surface area contributed by atoms with Crippen LogP contribution in [0, 0.1) is 6.92 Å². The fraction of sp³-hybridized carbons (Fsp3) is 0.0256. The van der Waals surface area contributed by atoms with Gasteiger partial charge in [0.05, 0.1) is 11.0 Å². The summed E-state index contributed by atoms with van der Waals surface area (Å²) in [5, 5.41) is 7.67. The molecule has 40 heavy (non-hydrogen) atoms. The summed E-state index contributed by atoms with van der Waals surface area (Å²) >= 11 is 0. The Morgan fingerprint density at radius 1 is 0.400 bits per heavy atom. The van der Waals surface area contributed by atoms with Crippen LogP contribution in [0.5, 0.6) is 0 Å². The maximum atomic E-state index is 2.42.